The Labute approximate surface area is 163 Å². The van der Waals surface area contributed by atoms with Crippen LogP contribution in [0, 0.1) is 13.8 Å². The van der Waals surface area contributed by atoms with Crippen LogP contribution < -0.4 is 0 Å². The molecule has 0 unspecified atom stereocenters. The van der Waals surface area contributed by atoms with Gasteiger partial charge in [0.1, 0.15) is 11.3 Å². The molecule has 6 heteroatoms. The van der Waals surface area contributed by atoms with E-state index < -0.39 is 11.9 Å². The number of carboxylic acids is 1. The standard InChI is InChI=1S/C22H22N2O4/c1-5-18-19(21(25)26)20(15-7-9-16(10-8-15)22(27)28-4)23-24(18)17-11-6-13(2)14(3)12-17/h6-12H,5H2,1-4H3,(H,25,26). The van der Waals surface area contributed by atoms with Crippen LogP contribution in [0.4, 0.5) is 0 Å². The van der Waals surface area contributed by atoms with E-state index in [9.17, 15) is 14.7 Å². The molecule has 6 nitrogen and oxygen atoms in total. The van der Waals surface area contributed by atoms with E-state index in [-0.39, 0.29) is 5.56 Å². The lowest BCUT2D eigenvalue weighted by molar-refractivity contribution is 0.0599. The summed E-state index contributed by atoms with van der Waals surface area (Å²) in [6.07, 6.45) is 0.516. The number of nitrogens with zero attached hydrogens (tertiary/aromatic N) is 2. The number of benzene rings is 2. The van der Waals surface area contributed by atoms with Crippen LogP contribution >= 0.6 is 0 Å². The highest BCUT2D eigenvalue weighted by Gasteiger charge is 2.24. The van der Waals surface area contributed by atoms with E-state index in [1.54, 1.807) is 28.9 Å². The molecular weight excluding hydrogens is 356 g/mol. The quantitative estimate of drug-likeness (QED) is 0.673. The van der Waals surface area contributed by atoms with Gasteiger partial charge in [-0.15, -0.1) is 0 Å². The average molecular weight is 378 g/mol. The van der Waals surface area contributed by atoms with Gasteiger partial charge < -0.3 is 9.84 Å². The van der Waals surface area contributed by atoms with Gasteiger partial charge in [-0.1, -0.05) is 25.1 Å². The average Bonchev–Trinajstić information content (AvgIpc) is 3.09. The van der Waals surface area contributed by atoms with Crippen molar-refractivity contribution in [2.45, 2.75) is 27.2 Å². The molecule has 0 aliphatic rings. The number of carbonyl (C=O) groups is 2. The Hall–Kier alpha value is -3.41. The van der Waals surface area contributed by atoms with Gasteiger partial charge in [0.25, 0.3) is 0 Å². The maximum absolute atomic E-state index is 12.0. The molecule has 1 N–H and O–H groups in total. The van der Waals surface area contributed by atoms with Crippen LogP contribution in [0.5, 0.6) is 0 Å². The van der Waals surface area contributed by atoms with E-state index in [1.165, 1.54) is 7.11 Å². The van der Waals surface area contributed by atoms with E-state index in [4.69, 9.17) is 4.74 Å². The number of methoxy groups -OCH3 is 1. The molecule has 0 fully saturated rings. The third-order valence-electron chi connectivity index (χ3n) is 4.84. The highest BCUT2D eigenvalue weighted by Crippen LogP contribution is 2.29. The zero-order valence-electron chi connectivity index (χ0n) is 16.3. The van der Waals surface area contributed by atoms with Crippen LogP contribution in [-0.2, 0) is 11.2 Å². The first kappa shape index (κ1) is 19.4. The van der Waals surface area contributed by atoms with Crippen LogP contribution in [0.3, 0.4) is 0 Å². The predicted octanol–water partition coefficient (Wildman–Crippen LogP) is 4.20. The van der Waals surface area contributed by atoms with Crippen LogP contribution in [0.1, 0.15) is 44.5 Å². The summed E-state index contributed by atoms with van der Waals surface area (Å²) in [7, 11) is 1.32. The fraction of sp³-hybridized carbons (Fsp3) is 0.227. The Bertz CT molecular complexity index is 1050. The molecule has 3 aromatic rings. The van der Waals surface area contributed by atoms with Crippen molar-refractivity contribution >= 4 is 11.9 Å². The van der Waals surface area contributed by atoms with Crippen molar-refractivity contribution in [1.82, 2.24) is 9.78 Å². The summed E-state index contributed by atoms with van der Waals surface area (Å²) in [5.74, 6) is -1.47. The molecule has 2 aromatic carbocycles. The number of carboxylic acid groups (broad SMARTS) is 1. The van der Waals surface area contributed by atoms with Crippen LogP contribution in [0.2, 0.25) is 0 Å². The molecule has 28 heavy (non-hydrogen) atoms. The molecule has 0 aliphatic heterocycles. The SMILES string of the molecule is CCc1c(C(=O)O)c(-c2ccc(C(=O)OC)cc2)nn1-c1ccc(C)c(C)c1. The number of esters is 1. The van der Waals surface area contributed by atoms with E-state index in [0.29, 0.717) is 28.9 Å². The van der Waals surface area contributed by atoms with Gasteiger partial charge in [-0.2, -0.15) is 5.10 Å². The van der Waals surface area contributed by atoms with Crippen molar-refractivity contribution in [1.29, 1.82) is 0 Å². The number of ether oxygens (including phenoxy) is 1. The van der Waals surface area contributed by atoms with Crippen LogP contribution in [0.25, 0.3) is 16.9 Å². The number of aromatic nitrogens is 2. The lowest BCUT2D eigenvalue weighted by Crippen LogP contribution is -2.06. The molecule has 0 saturated heterocycles. The van der Waals surface area contributed by atoms with E-state index in [0.717, 1.165) is 16.8 Å². The molecule has 0 atom stereocenters. The Morgan fingerprint density at radius 2 is 1.75 bits per heavy atom. The summed E-state index contributed by atoms with van der Waals surface area (Å²) in [4.78, 5) is 23.7. The van der Waals surface area contributed by atoms with Crippen molar-refractivity contribution < 1.29 is 19.4 Å². The molecule has 1 aromatic heterocycles. The second-order valence-corrected chi connectivity index (χ2v) is 6.58. The Kier molecular flexibility index (Phi) is 5.31. The van der Waals surface area contributed by atoms with Crippen LogP contribution in [0.15, 0.2) is 42.5 Å². The lowest BCUT2D eigenvalue weighted by Gasteiger charge is -2.09. The van der Waals surface area contributed by atoms with Gasteiger partial charge in [-0.05, 0) is 55.7 Å². The minimum atomic E-state index is -1.03. The fourth-order valence-electron chi connectivity index (χ4n) is 3.16. The van der Waals surface area contributed by atoms with Crippen molar-refractivity contribution in [3.8, 4) is 16.9 Å². The molecule has 0 bridgehead atoms. The summed E-state index contributed by atoms with van der Waals surface area (Å²) >= 11 is 0. The number of hydrogen-bond acceptors (Lipinski definition) is 4. The van der Waals surface area contributed by atoms with Crippen LogP contribution in [-0.4, -0.2) is 33.9 Å². The third kappa shape index (κ3) is 3.41. The highest BCUT2D eigenvalue weighted by atomic mass is 16.5. The summed E-state index contributed by atoms with van der Waals surface area (Å²) in [5.41, 5.74) is 5.28. The molecule has 0 spiro atoms. The van der Waals surface area contributed by atoms with Crippen molar-refractivity contribution in [3.05, 3.63) is 70.4 Å². The van der Waals surface area contributed by atoms with Gasteiger partial charge in [0.15, 0.2) is 0 Å². The van der Waals surface area contributed by atoms with Crippen molar-refractivity contribution in [3.63, 3.8) is 0 Å². The number of hydrogen-bond donors (Lipinski definition) is 1. The van der Waals surface area contributed by atoms with Crippen molar-refractivity contribution in [2.24, 2.45) is 0 Å². The molecule has 0 radical (unpaired) electrons. The molecule has 0 saturated carbocycles. The lowest BCUT2D eigenvalue weighted by atomic mass is 10.0. The molecule has 3 rings (SSSR count). The zero-order chi connectivity index (χ0) is 20.4. The third-order valence-corrected chi connectivity index (χ3v) is 4.84. The molecule has 0 amide bonds. The summed E-state index contributed by atoms with van der Waals surface area (Å²) in [5, 5.41) is 14.5. The number of aromatic carboxylic acids is 1. The number of carbonyl (C=O) groups excluding carboxylic acids is 1. The van der Waals surface area contributed by atoms with E-state index >= 15 is 0 Å². The van der Waals surface area contributed by atoms with Gasteiger partial charge in [0.2, 0.25) is 0 Å². The van der Waals surface area contributed by atoms with Gasteiger partial charge >= 0.3 is 11.9 Å². The number of rotatable bonds is 5. The molecule has 0 aliphatic carbocycles. The van der Waals surface area contributed by atoms with E-state index in [2.05, 4.69) is 5.10 Å². The van der Waals surface area contributed by atoms with Gasteiger partial charge in [0, 0.05) is 5.56 Å². The van der Waals surface area contributed by atoms with Crippen molar-refractivity contribution in [2.75, 3.05) is 7.11 Å². The monoisotopic (exact) mass is 378 g/mol. The van der Waals surface area contributed by atoms with Gasteiger partial charge in [-0.25, -0.2) is 14.3 Å². The highest BCUT2D eigenvalue weighted by molar-refractivity contribution is 5.97. The largest absolute Gasteiger partial charge is 0.478 e. The smallest absolute Gasteiger partial charge is 0.339 e. The van der Waals surface area contributed by atoms with E-state index in [1.807, 2.05) is 39.0 Å². The summed E-state index contributed by atoms with van der Waals surface area (Å²) in [6.45, 7) is 5.95. The second kappa shape index (κ2) is 7.68. The Morgan fingerprint density at radius 1 is 1.07 bits per heavy atom. The summed E-state index contributed by atoms with van der Waals surface area (Å²) < 4.78 is 6.40. The molecular formula is C22H22N2O4. The number of aryl methyl sites for hydroxylation is 2. The zero-order valence-corrected chi connectivity index (χ0v) is 16.3. The molecule has 144 valence electrons. The van der Waals surface area contributed by atoms with Gasteiger partial charge in [0.05, 0.1) is 24.1 Å². The summed E-state index contributed by atoms with van der Waals surface area (Å²) in [6, 6.07) is 12.5. The normalized spacial score (nSPS) is 10.7. The fourth-order valence-corrected chi connectivity index (χ4v) is 3.16. The first-order valence-electron chi connectivity index (χ1n) is 8.99. The molecule has 1 heterocycles. The minimum Gasteiger partial charge on any atom is -0.478 e. The first-order valence-corrected chi connectivity index (χ1v) is 8.99. The second-order valence-electron chi connectivity index (χ2n) is 6.58. The first-order chi connectivity index (χ1) is 13.4. The predicted molar refractivity (Wildman–Crippen MR) is 106 cm³/mol. The maximum Gasteiger partial charge on any atom is 0.339 e. The topological polar surface area (TPSA) is 81.4 Å². The minimum absolute atomic E-state index is 0.173. The maximum atomic E-state index is 12.0. The van der Waals surface area contributed by atoms with Gasteiger partial charge in [-0.3, -0.25) is 0 Å². The Balaban J connectivity index is 2.18. The Morgan fingerprint density at radius 3 is 2.29 bits per heavy atom.